The summed E-state index contributed by atoms with van der Waals surface area (Å²) in [5.74, 6) is -1.11. The summed E-state index contributed by atoms with van der Waals surface area (Å²) in [4.78, 5) is 11.1. The molecule has 21 heavy (non-hydrogen) atoms. The van der Waals surface area contributed by atoms with E-state index in [4.69, 9.17) is 9.88 Å². The third-order valence-corrected chi connectivity index (χ3v) is 3.41. The SMILES string of the molecule is CC(C)COCCNC(=O)c1ccc(F)c(S(N)(=O)=O)c1. The number of amides is 1. The molecule has 0 atom stereocenters. The van der Waals surface area contributed by atoms with Gasteiger partial charge >= 0.3 is 0 Å². The predicted molar refractivity (Wildman–Crippen MR) is 75.8 cm³/mol. The highest BCUT2D eigenvalue weighted by Crippen LogP contribution is 2.14. The van der Waals surface area contributed by atoms with Crippen LogP contribution in [0.1, 0.15) is 24.2 Å². The zero-order chi connectivity index (χ0) is 16.0. The van der Waals surface area contributed by atoms with Crippen LogP contribution in [0.15, 0.2) is 23.1 Å². The van der Waals surface area contributed by atoms with Crippen molar-refractivity contribution in [2.24, 2.45) is 11.1 Å². The van der Waals surface area contributed by atoms with E-state index >= 15 is 0 Å². The number of hydrogen-bond donors (Lipinski definition) is 2. The van der Waals surface area contributed by atoms with E-state index in [1.807, 2.05) is 13.8 Å². The third kappa shape index (κ3) is 5.78. The fraction of sp³-hybridized carbons (Fsp3) is 0.462. The molecule has 118 valence electrons. The minimum Gasteiger partial charge on any atom is -0.379 e. The summed E-state index contributed by atoms with van der Waals surface area (Å²) in [6.45, 7) is 5.21. The minimum atomic E-state index is -4.21. The van der Waals surface area contributed by atoms with Gasteiger partial charge in [-0.3, -0.25) is 4.79 Å². The summed E-state index contributed by atoms with van der Waals surface area (Å²) >= 11 is 0. The Morgan fingerprint density at radius 1 is 1.43 bits per heavy atom. The van der Waals surface area contributed by atoms with Crippen molar-refractivity contribution in [2.45, 2.75) is 18.7 Å². The highest BCUT2D eigenvalue weighted by Gasteiger charge is 2.17. The monoisotopic (exact) mass is 318 g/mol. The largest absolute Gasteiger partial charge is 0.379 e. The molecule has 0 aliphatic rings. The Balaban J connectivity index is 2.63. The number of rotatable bonds is 7. The van der Waals surface area contributed by atoms with Crippen LogP contribution in [0.5, 0.6) is 0 Å². The zero-order valence-electron chi connectivity index (χ0n) is 11.9. The molecule has 0 aliphatic carbocycles. The Labute approximate surface area is 123 Å². The summed E-state index contributed by atoms with van der Waals surface area (Å²) in [5.41, 5.74) is 0.0179. The first-order chi connectivity index (χ1) is 9.71. The van der Waals surface area contributed by atoms with Gasteiger partial charge in [0.15, 0.2) is 0 Å². The molecule has 0 bridgehead atoms. The van der Waals surface area contributed by atoms with Crippen LogP contribution < -0.4 is 10.5 Å². The van der Waals surface area contributed by atoms with Crippen molar-refractivity contribution in [1.82, 2.24) is 5.32 Å². The van der Waals surface area contributed by atoms with E-state index in [2.05, 4.69) is 5.32 Å². The smallest absolute Gasteiger partial charge is 0.251 e. The van der Waals surface area contributed by atoms with Crippen molar-refractivity contribution < 1.29 is 22.3 Å². The lowest BCUT2D eigenvalue weighted by Gasteiger charge is -2.09. The molecule has 0 aliphatic heterocycles. The summed E-state index contributed by atoms with van der Waals surface area (Å²) in [7, 11) is -4.21. The maximum atomic E-state index is 13.3. The van der Waals surface area contributed by atoms with Crippen LogP contribution in [0.4, 0.5) is 4.39 Å². The van der Waals surface area contributed by atoms with E-state index in [-0.39, 0.29) is 12.1 Å². The van der Waals surface area contributed by atoms with Crippen LogP contribution in [0.3, 0.4) is 0 Å². The Kier molecular flexibility index (Phi) is 6.25. The standard InChI is InChI=1S/C13H19FN2O4S/c1-9(2)8-20-6-5-16-13(17)10-3-4-11(14)12(7-10)21(15,18)19/h3-4,7,9H,5-6,8H2,1-2H3,(H,16,17)(H2,15,18,19). The van der Waals surface area contributed by atoms with Gasteiger partial charge in [-0.2, -0.15) is 0 Å². The highest BCUT2D eigenvalue weighted by atomic mass is 32.2. The van der Waals surface area contributed by atoms with Crippen LogP contribution >= 0.6 is 0 Å². The van der Waals surface area contributed by atoms with Gasteiger partial charge in [-0.15, -0.1) is 0 Å². The molecule has 0 fully saturated rings. The van der Waals surface area contributed by atoms with Gasteiger partial charge in [0.2, 0.25) is 10.0 Å². The van der Waals surface area contributed by atoms with Gasteiger partial charge in [0.05, 0.1) is 6.61 Å². The lowest BCUT2D eigenvalue weighted by atomic mass is 10.2. The Hall–Kier alpha value is -1.51. The summed E-state index contributed by atoms with van der Waals surface area (Å²) in [5, 5.41) is 7.42. The van der Waals surface area contributed by atoms with E-state index in [0.717, 1.165) is 12.1 Å². The molecular formula is C13H19FN2O4S. The molecule has 1 aromatic carbocycles. The van der Waals surface area contributed by atoms with Crippen molar-refractivity contribution in [1.29, 1.82) is 0 Å². The Morgan fingerprint density at radius 3 is 2.67 bits per heavy atom. The van der Waals surface area contributed by atoms with Crippen molar-refractivity contribution in [3.05, 3.63) is 29.6 Å². The Bertz CT molecular complexity index is 602. The van der Waals surface area contributed by atoms with Gasteiger partial charge in [-0.1, -0.05) is 13.8 Å². The second-order valence-electron chi connectivity index (χ2n) is 4.91. The number of ether oxygens (including phenoxy) is 1. The van der Waals surface area contributed by atoms with E-state index in [1.54, 1.807) is 0 Å². The van der Waals surface area contributed by atoms with Gasteiger partial charge in [0.1, 0.15) is 10.7 Å². The van der Waals surface area contributed by atoms with Gasteiger partial charge < -0.3 is 10.1 Å². The molecule has 0 radical (unpaired) electrons. The maximum absolute atomic E-state index is 13.3. The van der Waals surface area contributed by atoms with Gasteiger partial charge in [-0.05, 0) is 24.1 Å². The first-order valence-electron chi connectivity index (χ1n) is 6.40. The van der Waals surface area contributed by atoms with Gasteiger partial charge in [-0.25, -0.2) is 17.9 Å². The number of sulfonamides is 1. The van der Waals surface area contributed by atoms with E-state index in [1.165, 1.54) is 6.07 Å². The summed E-state index contributed by atoms with van der Waals surface area (Å²) in [6.07, 6.45) is 0. The van der Waals surface area contributed by atoms with Crippen LogP contribution in [-0.4, -0.2) is 34.1 Å². The quantitative estimate of drug-likeness (QED) is 0.729. The number of nitrogens with two attached hydrogens (primary N) is 1. The molecule has 0 spiro atoms. The minimum absolute atomic E-state index is 0.0179. The number of benzene rings is 1. The van der Waals surface area contributed by atoms with Gasteiger partial charge in [0, 0.05) is 18.7 Å². The van der Waals surface area contributed by atoms with Crippen molar-refractivity contribution in [3.63, 3.8) is 0 Å². The number of primary sulfonamides is 1. The molecule has 1 aromatic rings. The molecule has 1 amide bonds. The first-order valence-corrected chi connectivity index (χ1v) is 7.94. The topological polar surface area (TPSA) is 98.5 Å². The second kappa shape index (κ2) is 7.48. The van der Waals surface area contributed by atoms with Crippen LogP contribution in [0.25, 0.3) is 0 Å². The van der Waals surface area contributed by atoms with Crippen LogP contribution in [-0.2, 0) is 14.8 Å². The molecule has 0 saturated heterocycles. The number of nitrogens with one attached hydrogen (secondary N) is 1. The normalized spacial score (nSPS) is 11.7. The molecule has 0 unspecified atom stereocenters. The third-order valence-electron chi connectivity index (χ3n) is 2.48. The van der Waals surface area contributed by atoms with Crippen LogP contribution in [0.2, 0.25) is 0 Å². The Morgan fingerprint density at radius 2 is 2.10 bits per heavy atom. The van der Waals surface area contributed by atoms with E-state index in [0.29, 0.717) is 19.1 Å². The van der Waals surface area contributed by atoms with E-state index < -0.39 is 26.6 Å². The summed E-state index contributed by atoms with van der Waals surface area (Å²) in [6, 6.07) is 2.99. The number of hydrogen-bond acceptors (Lipinski definition) is 4. The lowest BCUT2D eigenvalue weighted by molar-refractivity contribution is 0.0886. The average molecular weight is 318 g/mol. The molecule has 0 saturated carbocycles. The molecule has 6 nitrogen and oxygen atoms in total. The number of carbonyl (C=O) groups excluding carboxylic acids is 1. The molecule has 1 rings (SSSR count). The second-order valence-corrected chi connectivity index (χ2v) is 6.44. The average Bonchev–Trinajstić information content (AvgIpc) is 2.36. The van der Waals surface area contributed by atoms with E-state index in [9.17, 15) is 17.6 Å². The number of halogens is 1. The predicted octanol–water partition coefficient (Wildman–Crippen LogP) is 0.876. The van der Waals surface area contributed by atoms with Crippen molar-refractivity contribution in [3.8, 4) is 0 Å². The molecule has 0 heterocycles. The fourth-order valence-corrected chi connectivity index (χ4v) is 2.15. The molecule has 8 heteroatoms. The van der Waals surface area contributed by atoms with Crippen LogP contribution in [0, 0.1) is 11.7 Å². The first kappa shape index (κ1) is 17.5. The van der Waals surface area contributed by atoms with Crippen molar-refractivity contribution >= 4 is 15.9 Å². The van der Waals surface area contributed by atoms with Gasteiger partial charge in [0.25, 0.3) is 5.91 Å². The maximum Gasteiger partial charge on any atom is 0.251 e. The van der Waals surface area contributed by atoms with Crippen molar-refractivity contribution in [2.75, 3.05) is 19.8 Å². The zero-order valence-corrected chi connectivity index (χ0v) is 12.7. The number of carbonyl (C=O) groups is 1. The molecular weight excluding hydrogens is 299 g/mol. The summed E-state index contributed by atoms with van der Waals surface area (Å²) < 4.78 is 41.0. The fourth-order valence-electron chi connectivity index (χ4n) is 1.52. The lowest BCUT2D eigenvalue weighted by Crippen LogP contribution is -2.28. The molecule has 3 N–H and O–H groups in total. The molecule has 0 aromatic heterocycles. The highest BCUT2D eigenvalue weighted by molar-refractivity contribution is 7.89.